The van der Waals surface area contributed by atoms with E-state index in [9.17, 15) is 9.90 Å². The van der Waals surface area contributed by atoms with Gasteiger partial charge in [0.25, 0.3) is 0 Å². The molecule has 1 fully saturated rings. The van der Waals surface area contributed by atoms with Crippen LogP contribution in [-0.4, -0.2) is 48.3 Å². The lowest BCUT2D eigenvalue weighted by Crippen LogP contribution is -2.37. The molecule has 0 spiro atoms. The molecule has 2 atom stereocenters. The van der Waals surface area contributed by atoms with E-state index in [4.69, 9.17) is 10.5 Å². The first-order chi connectivity index (χ1) is 9.19. The minimum atomic E-state index is -0.680. The summed E-state index contributed by atoms with van der Waals surface area (Å²) in [5, 5.41) is 9.90. The lowest BCUT2D eigenvalue weighted by molar-refractivity contribution is -0.129. The summed E-state index contributed by atoms with van der Waals surface area (Å²) >= 11 is 0. The van der Waals surface area contributed by atoms with Crippen LogP contribution >= 0.6 is 0 Å². The second kappa shape index (κ2) is 6.54. The molecule has 0 bridgehead atoms. The Kier molecular flexibility index (Phi) is 4.76. The van der Waals surface area contributed by atoms with Crippen LogP contribution in [0.15, 0.2) is 30.3 Å². The third-order valence-corrected chi connectivity index (χ3v) is 3.24. The van der Waals surface area contributed by atoms with Crippen molar-refractivity contribution in [2.75, 3.05) is 26.2 Å². The molecule has 1 aromatic rings. The Labute approximate surface area is 113 Å². The number of ether oxygens (including phenoxy) is 1. The fourth-order valence-electron chi connectivity index (χ4n) is 2.20. The number of hydrogen-bond acceptors (Lipinski definition) is 4. The summed E-state index contributed by atoms with van der Waals surface area (Å²) in [5.41, 5.74) is 5.56. The Morgan fingerprint density at radius 1 is 1.42 bits per heavy atom. The first kappa shape index (κ1) is 13.8. The van der Waals surface area contributed by atoms with Gasteiger partial charge in [0, 0.05) is 19.5 Å². The van der Waals surface area contributed by atoms with Crippen LogP contribution in [-0.2, 0) is 4.79 Å². The molecule has 2 rings (SSSR count). The number of carbonyl (C=O) groups is 1. The topological polar surface area (TPSA) is 75.8 Å². The van der Waals surface area contributed by atoms with Crippen molar-refractivity contribution in [1.82, 2.24) is 4.90 Å². The number of rotatable bonds is 6. The van der Waals surface area contributed by atoms with E-state index in [1.807, 2.05) is 30.3 Å². The fourth-order valence-corrected chi connectivity index (χ4v) is 2.20. The number of nitrogens with two attached hydrogens (primary N) is 1. The lowest BCUT2D eigenvalue weighted by Gasteiger charge is -2.20. The molecule has 1 amide bonds. The van der Waals surface area contributed by atoms with Gasteiger partial charge in [0.1, 0.15) is 18.5 Å². The summed E-state index contributed by atoms with van der Waals surface area (Å²) in [6, 6.07) is 9.31. The van der Waals surface area contributed by atoms with E-state index in [2.05, 4.69) is 0 Å². The number of nitrogens with zero attached hydrogens (tertiary/aromatic N) is 1. The number of β-amino-alcohol motifs (C(OH)–C–C–N with tert-alkyl or cyclic N) is 1. The van der Waals surface area contributed by atoms with Crippen LogP contribution in [0.1, 0.15) is 6.42 Å². The summed E-state index contributed by atoms with van der Waals surface area (Å²) in [5.74, 6) is 0.998. The van der Waals surface area contributed by atoms with Gasteiger partial charge in [-0.25, -0.2) is 0 Å². The second-order valence-electron chi connectivity index (χ2n) is 4.88. The summed E-state index contributed by atoms with van der Waals surface area (Å²) < 4.78 is 5.45. The van der Waals surface area contributed by atoms with Crippen LogP contribution < -0.4 is 10.5 Å². The van der Waals surface area contributed by atoms with E-state index in [-0.39, 0.29) is 18.4 Å². The number of likely N-dealkylation sites (tertiary alicyclic amines) is 1. The van der Waals surface area contributed by atoms with Gasteiger partial charge in [0.05, 0.1) is 0 Å². The third kappa shape index (κ3) is 3.94. The van der Waals surface area contributed by atoms with Crippen LogP contribution in [0, 0.1) is 5.92 Å². The summed E-state index contributed by atoms with van der Waals surface area (Å²) in [6.07, 6.45) is -0.191. The highest BCUT2D eigenvalue weighted by Crippen LogP contribution is 2.17. The minimum Gasteiger partial charge on any atom is -0.491 e. The Morgan fingerprint density at radius 2 is 2.16 bits per heavy atom. The Balaban J connectivity index is 1.75. The van der Waals surface area contributed by atoms with Crippen LogP contribution in [0.4, 0.5) is 0 Å². The van der Waals surface area contributed by atoms with Gasteiger partial charge in [-0.1, -0.05) is 18.2 Å². The van der Waals surface area contributed by atoms with Gasteiger partial charge < -0.3 is 20.5 Å². The molecule has 0 aromatic heterocycles. The van der Waals surface area contributed by atoms with E-state index >= 15 is 0 Å². The van der Waals surface area contributed by atoms with Gasteiger partial charge in [-0.05, 0) is 24.6 Å². The molecule has 1 aromatic carbocycles. The van der Waals surface area contributed by atoms with Gasteiger partial charge >= 0.3 is 0 Å². The zero-order valence-corrected chi connectivity index (χ0v) is 10.9. The van der Waals surface area contributed by atoms with Gasteiger partial charge in [-0.2, -0.15) is 0 Å². The number of carbonyl (C=O) groups excluding carboxylic acids is 1. The van der Waals surface area contributed by atoms with Crippen LogP contribution in [0.2, 0.25) is 0 Å². The van der Waals surface area contributed by atoms with Crippen molar-refractivity contribution in [1.29, 1.82) is 0 Å². The lowest BCUT2D eigenvalue weighted by atomic mass is 10.1. The van der Waals surface area contributed by atoms with E-state index in [1.54, 1.807) is 4.90 Å². The van der Waals surface area contributed by atoms with Crippen molar-refractivity contribution in [3.05, 3.63) is 30.3 Å². The Morgan fingerprint density at radius 3 is 2.79 bits per heavy atom. The minimum absolute atomic E-state index is 0.0641. The van der Waals surface area contributed by atoms with Gasteiger partial charge in [-0.15, -0.1) is 0 Å². The molecule has 0 radical (unpaired) electrons. The molecule has 1 saturated heterocycles. The number of aliphatic hydroxyl groups excluding tert-OH is 1. The third-order valence-electron chi connectivity index (χ3n) is 3.24. The average Bonchev–Trinajstić information content (AvgIpc) is 2.78. The van der Waals surface area contributed by atoms with Gasteiger partial charge in [-0.3, -0.25) is 4.79 Å². The quantitative estimate of drug-likeness (QED) is 0.771. The molecular weight excluding hydrogens is 244 g/mol. The molecule has 5 nitrogen and oxygen atoms in total. The number of amides is 1. The van der Waals surface area contributed by atoms with Crippen molar-refractivity contribution < 1.29 is 14.6 Å². The van der Waals surface area contributed by atoms with E-state index in [1.165, 1.54) is 0 Å². The zero-order chi connectivity index (χ0) is 13.7. The van der Waals surface area contributed by atoms with Crippen LogP contribution in [0.3, 0.4) is 0 Å². The highest BCUT2D eigenvalue weighted by molar-refractivity contribution is 5.78. The molecule has 0 saturated carbocycles. The maximum absolute atomic E-state index is 11.7. The summed E-state index contributed by atoms with van der Waals surface area (Å²) in [6.45, 7) is 1.64. The first-order valence-corrected chi connectivity index (χ1v) is 6.52. The predicted octanol–water partition coefficient (Wildman–Crippen LogP) is 0.234. The number of benzene rings is 1. The smallest absolute Gasteiger partial charge is 0.223 e. The molecule has 0 aliphatic carbocycles. The van der Waals surface area contributed by atoms with Crippen LogP contribution in [0.25, 0.3) is 0 Å². The molecule has 19 heavy (non-hydrogen) atoms. The largest absolute Gasteiger partial charge is 0.491 e. The summed E-state index contributed by atoms with van der Waals surface area (Å²) in [4.78, 5) is 13.3. The fraction of sp³-hybridized carbons (Fsp3) is 0.500. The molecule has 5 heteroatoms. The first-order valence-electron chi connectivity index (χ1n) is 6.52. The van der Waals surface area contributed by atoms with E-state index in [0.29, 0.717) is 31.8 Å². The standard InChI is InChI=1S/C14H20N2O3/c15-7-11-6-14(18)16(8-11)9-12(17)10-19-13-4-2-1-3-5-13/h1-5,11-12,17H,6-10,15H2. The molecule has 3 N–H and O–H groups in total. The molecule has 104 valence electrons. The highest BCUT2D eigenvalue weighted by atomic mass is 16.5. The Hall–Kier alpha value is -1.59. The highest BCUT2D eigenvalue weighted by Gasteiger charge is 2.29. The molecule has 1 heterocycles. The normalized spacial score (nSPS) is 20.6. The van der Waals surface area contributed by atoms with E-state index < -0.39 is 6.10 Å². The van der Waals surface area contributed by atoms with Crippen molar-refractivity contribution in [3.8, 4) is 5.75 Å². The van der Waals surface area contributed by atoms with Crippen molar-refractivity contribution in [2.24, 2.45) is 11.7 Å². The SMILES string of the molecule is NCC1CC(=O)N(CC(O)COc2ccccc2)C1. The monoisotopic (exact) mass is 264 g/mol. The molecule has 2 unspecified atom stereocenters. The van der Waals surface area contributed by atoms with Gasteiger partial charge in [0.2, 0.25) is 5.91 Å². The second-order valence-corrected chi connectivity index (χ2v) is 4.88. The number of para-hydroxylation sites is 1. The maximum Gasteiger partial charge on any atom is 0.223 e. The average molecular weight is 264 g/mol. The summed E-state index contributed by atoms with van der Waals surface area (Å²) in [7, 11) is 0. The number of hydrogen-bond donors (Lipinski definition) is 2. The van der Waals surface area contributed by atoms with Crippen molar-refractivity contribution in [2.45, 2.75) is 12.5 Å². The zero-order valence-electron chi connectivity index (χ0n) is 10.9. The molecular formula is C14H20N2O3. The maximum atomic E-state index is 11.7. The van der Waals surface area contributed by atoms with Crippen molar-refractivity contribution in [3.63, 3.8) is 0 Å². The Bertz CT molecular complexity index is 410. The van der Waals surface area contributed by atoms with Crippen molar-refractivity contribution >= 4 is 5.91 Å². The van der Waals surface area contributed by atoms with E-state index in [0.717, 1.165) is 0 Å². The predicted molar refractivity (Wildman–Crippen MR) is 71.7 cm³/mol. The van der Waals surface area contributed by atoms with Gasteiger partial charge in [0.15, 0.2) is 0 Å². The molecule has 1 aliphatic heterocycles. The molecule has 1 aliphatic rings. The van der Waals surface area contributed by atoms with Crippen LogP contribution in [0.5, 0.6) is 5.75 Å². The number of aliphatic hydroxyl groups is 1.